The summed E-state index contributed by atoms with van der Waals surface area (Å²) in [6.45, 7) is 4.20. The van der Waals surface area contributed by atoms with Crippen molar-refractivity contribution in [1.29, 1.82) is 0 Å². The van der Waals surface area contributed by atoms with Gasteiger partial charge in [0.1, 0.15) is 10.4 Å². The minimum atomic E-state index is 0.241. The van der Waals surface area contributed by atoms with E-state index < -0.39 is 0 Å². The average molecular weight is 268 g/mol. The topological polar surface area (TPSA) is 29.3 Å². The molecule has 2 heterocycles. The maximum Gasteiger partial charge on any atom is 0.132 e. The van der Waals surface area contributed by atoms with Crippen LogP contribution >= 0.6 is 15.9 Å². The fourth-order valence-corrected chi connectivity index (χ4v) is 2.20. The van der Waals surface area contributed by atoms with Gasteiger partial charge in [-0.15, -0.1) is 0 Å². The van der Waals surface area contributed by atoms with Crippen LogP contribution in [0.1, 0.15) is 24.5 Å². The predicted octanol–water partition coefficient (Wildman–Crippen LogP) is 2.69. The van der Waals surface area contributed by atoms with Crippen LogP contribution in [0.15, 0.2) is 22.8 Å². The second-order valence-corrected chi connectivity index (χ2v) is 4.41. The van der Waals surface area contributed by atoms with Crippen LogP contribution < -0.4 is 5.32 Å². The summed E-state index contributed by atoms with van der Waals surface area (Å²) in [6.07, 6.45) is 0. The summed E-state index contributed by atoms with van der Waals surface area (Å²) in [5.74, 6) is 1.04. The first kappa shape index (κ1) is 10.6. The van der Waals surface area contributed by atoms with Crippen LogP contribution in [0.3, 0.4) is 0 Å². The van der Waals surface area contributed by atoms with E-state index in [9.17, 15) is 0 Å². The van der Waals surface area contributed by atoms with Crippen molar-refractivity contribution in [3.63, 3.8) is 0 Å². The lowest BCUT2D eigenvalue weighted by atomic mass is 10.3. The number of nitrogens with one attached hydrogen (secondary N) is 1. The maximum absolute atomic E-state index is 4.54. The van der Waals surface area contributed by atoms with Crippen molar-refractivity contribution in [3.05, 3.63) is 34.3 Å². The molecule has 1 unspecified atom stereocenters. The average Bonchev–Trinajstić information content (AvgIpc) is 2.57. The quantitative estimate of drug-likeness (QED) is 0.907. The van der Waals surface area contributed by atoms with Gasteiger partial charge in [0.15, 0.2) is 0 Å². The lowest BCUT2D eigenvalue weighted by Gasteiger charge is -2.10. The molecule has 80 valence electrons. The largest absolute Gasteiger partial charge is 0.311 e. The summed E-state index contributed by atoms with van der Waals surface area (Å²) in [5.41, 5.74) is 2.31. The van der Waals surface area contributed by atoms with Crippen LogP contribution in [0.25, 0.3) is 5.52 Å². The summed E-state index contributed by atoms with van der Waals surface area (Å²) in [6, 6.07) is 6.44. The van der Waals surface area contributed by atoms with Gasteiger partial charge in [-0.05, 0) is 49.0 Å². The van der Waals surface area contributed by atoms with E-state index in [4.69, 9.17) is 0 Å². The van der Waals surface area contributed by atoms with Gasteiger partial charge in [-0.2, -0.15) is 0 Å². The van der Waals surface area contributed by atoms with E-state index in [2.05, 4.69) is 56.6 Å². The molecule has 0 aliphatic rings. The molecule has 0 aromatic carbocycles. The fraction of sp³-hybridized carbons (Fsp3) is 0.364. The maximum atomic E-state index is 4.54. The Balaban J connectivity index is 2.75. The minimum Gasteiger partial charge on any atom is -0.311 e. The second kappa shape index (κ2) is 3.94. The van der Waals surface area contributed by atoms with Crippen LogP contribution in [0.4, 0.5) is 0 Å². The Morgan fingerprint density at radius 3 is 2.87 bits per heavy atom. The summed E-state index contributed by atoms with van der Waals surface area (Å²) in [5, 5.41) is 3.21. The monoisotopic (exact) mass is 267 g/mol. The Morgan fingerprint density at radius 2 is 2.20 bits per heavy atom. The summed E-state index contributed by atoms with van der Waals surface area (Å²) >= 11 is 3.49. The van der Waals surface area contributed by atoms with Gasteiger partial charge in [0, 0.05) is 5.69 Å². The van der Waals surface area contributed by atoms with Gasteiger partial charge in [-0.3, -0.25) is 4.40 Å². The van der Waals surface area contributed by atoms with Crippen molar-refractivity contribution in [2.75, 3.05) is 7.05 Å². The Kier molecular flexibility index (Phi) is 2.80. The first-order chi connectivity index (χ1) is 7.15. The molecular formula is C11H14BrN3. The minimum absolute atomic E-state index is 0.241. The van der Waals surface area contributed by atoms with Crippen LogP contribution in [0, 0.1) is 6.92 Å². The molecule has 2 rings (SSSR count). The van der Waals surface area contributed by atoms with Gasteiger partial charge in [-0.25, -0.2) is 4.98 Å². The number of pyridine rings is 1. The summed E-state index contributed by atoms with van der Waals surface area (Å²) < 4.78 is 3.08. The van der Waals surface area contributed by atoms with Crippen molar-refractivity contribution in [1.82, 2.24) is 14.7 Å². The van der Waals surface area contributed by atoms with Crippen molar-refractivity contribution in [2.45, 2.75) is 19.9 Å². The van der Waals surface area contributed by atoms with Gasteiger partial charge in [0.25, 0.3) is 0 Å². The van der Waals surface area contributed by atoms with E-state index in [0.717, 1.165) is 15.9 Å². The lowest BCUT2D eigenvalue weighted by molar-refractivity contribution is 0.605. The van der Waals surface area contributed by atoms with Gasteiger partial charge < -0.3 is 5.32 Å². The fourth-order valence-electron chi connectivity index (χ4n) is 1.71. The first-order valence-electron chi connectivity index (χ1n) is 4.96. The molecular weight excluding hydrogens is 254 g/mol. The van der Waals surface area contributed by atoms with E-state index in [0.29, 0.717) is 0 Å². The Hall–Kier alpha value is -0.870. The van der Waals surface area contributed by atoms with Crippen LogP contribution in [-0.2, 0) is 0 Å². The first-order valence-corrected chi connectivity index (χ1v) is 5.75. The highest BCUT2D eigenvalue weighted by molar-refractivity contribution is 9.10. The van der Waals surface area contributed by atoms with E-state index in [-0.39, 0.29) is 6.04 Å². The number of aromatic nitrogens is 2. The molecule has 0 saturated heterocycles. The Labute approximate surface area is 97.6 Å². The summed E-state index contributed by atoms with van der Waals surface area (Å²) in [4.78, 5) is 4.54. The highest BCUT2D eigenvalue weighted by atomic mass is 79.9. The molecule has 0 saturated carbocycles. The third kappa shape index (κ3) is 1.68. The molecule has 0 aliphatic carbocycles. The molecule has 1 N–H and O–H groups in total. The summed E-state index contributed by atoms with van der Waals surface area (Å²) in [7, 11) is 1.94. The molecule has 1 atom stereocenters. The predicted molar refractivity (Wildman–Crippen MR) is 65.1 cm³/mol. The van der Waals surface area contributed by atoms with Crippen LogP contribution in [0.2, 0.25) is 0 Å². The molecule has 0 radical (unpaired) electrons. The standard InChI is InChI=1S/C11H14BrN3/c1-7-5-4-6-9-10(12)14-11(15(7)9)8(2)13-3/h4-6,8,13H,1-3H3. The highest BCUT2D eigenvalue weighted by Crippen LogP contribution is 2.23. The third-order valence-corrected chi connectivity index (χ3v) is 3.24. The molecule has 0 fully saturated rings. The van der Waals surface area contributed by atoms with Crippen molar-refractivity contribution in [2.24, 2.45) is 0 Å². The van der Waals surface area contributed by atoms with Gasteiger partial charge in [0.05, 0.1) is 11.6 Å². The van der Waals surface area contributed by atoms with Gasteiger partial charge in [-0.1, -0.05) is 6.07 Å². The zero-order valence-corrected chi connectivity index (χ0v) is 10.7. The van der Waals surface area contributed by atoms with Crippen molar-refractivity contribution < 1.29 is 0 Å². The van der Waals surface area contributed by atoms with E-state index >= 15 is 0 Å². The number of rotatable bonds is 2. The van der Waals surface area contributed by atoms with E-state index in [1.165, 1.54) is 5.69 Å². The van der Waals surface area contributed by atoms with Gasteiger partial charge >= 0.3 is 0 Å². The zero-order valence-electron chi connectivity index (χ0n) is 9.08. The number of halogens is 1. The molecule has 2 aromatic rings. The van der Waals surface area contributed by atoms with E-state index in [1.54, 1.807) is 0 Å². The second-order valence-electron chi connectivity index (χ2n) is 3.66. The molecule has 0 amide bonds. The number of hydrogen-bond donors (Lipinski definition) is 1. The van der Waals surface area contributed by atoms with Crippen LogP contribution in [-0.4, -0.2) is 16.4 Å². The molecule has 4 heteroatoms. The number of fused-ring (bicyclic) bond motifs is 1. The smallest absolute Gasteiger partial charge is 0.132 e. The third-order valence-electron chi connectivity index (χ3n) is 2.66. The SMILES string of the molecule is CNC(C)c1nc(Br)c2cccc(C)n12. The van der Waals surface area contributed by atoms with Crippen LogP contribution in [0.5, 0.6) is 0 Å². The molecule has 15 heavy (non-hydrogen) atoms. The molecule has 0 aliphatic heterocycles. The number of imidazole rings is 1. The number of hydrogen-bond acceptors (Lipinski definition) is 2. The lowest BCUT2D eigenvalue weighted by Crippen LogP contribution is -2.16. The highest BCUT2D eigenvalue weighted by Gasteiger charge is 2.14. The number of aryl methyl sites for hydroxylation is 1. The van der Waals surface area contributed by atoms with Crippen molar-refractivity contribution in [3.8, 4) is 0 Å². The van der Waals surface area contributed by atoms with Crippen molar-refractivity contribution >= 4 is 21.4 Å². The number of nitrogens with zero attached hydrogens (tertiary/aromatic N) is 2. The zero-order chi connectivity index (χ0) is 11.0. The van der Waals surface area contributed by atoms with E-state index in [1.807, 2.05) is 13.1 Å². The molecule has 0 bridgehead atoms. The molecule has 3 nitrogen and oxygen atoms in total. The Morgan fingerprint density at radius 1 is 1.47 bits per heavy atom. The van der Waals surface area contributed by atoms with Gasteiger partial charge in [0.2, 0.25) is 0 Å². The molecule has 0 spiro atoms. The Bertz CT molecular complexity index is 490. The normalized spacial score (nSPS) is 13.3. The molecule has 2 aromatic heterocycles.